The number of nitrogens with two attached hydrogens (primary N) is 1. The molecule has 3 N–H and O–H groups in total. The molecule has 12 heteroatoms. The summed E-state index contributed by atoms with van der Waals surface area (Å²) in [6.45, 7) is 5.01. The second-order valence-electron chi connectivity index (χ2n) is 10.4. The van der Waals surface area contributed by atoms with Crippen molar-refractivity contribution in [2.24, 2.45) is 5.73 Å². The van der Waals surface area contributed by atoms with Crippen LogP contribution in [0.2, 0.25) is 0 Å². The number of carbonyl (C=O) groups excluding carboxylic acids is 1. The SMILES string of the molecule is COC(=O)C(C)(C)n1cc(-c2cnc(Nc3ccnc(-c4c(F)cccc4OC)n3)cc2N2CCC[C@H](N)C2)cn1. The Morgan fingerprint density at radius 1 is 1.17 bits per heavy atom. The largest absolute Gasteiger partial charge is 0.496 e. The van der Waals surface area contributed by atoms with Gasteiger partial charge in [-0.1, -0.05) is 6.07 Å². The van der Waals surface area contributed by atoms with Gasteiger partial charge < -0.3 is 25.4 Å². The smallest absolute Gasteiger partial charge is 0.333 e. The molecule has 1 aromatic carbocycles. The van der Waals surface area contributed by atoms with Crippen molar-refractivity contribution in [3.63, 3.8) is 0 Å². The monoisotopic (exact) mass is 560 g/mol. The topological polar surface area (TPSA) is 133 Å². The Balaban J connectivity index is 1.51. The lowest BCUT2D eigenvalue weighted by atomic mass is 10.0. The number of aromatic nitrogens is 5. The first kappa shape index (κ1) is 28.0. The van der Waals surface area contributed by atoms with Crippen molar-refractivity contribution < 1.29 is 18.7 Å². The lowest BCUT2D eigenvalue weighted by Crippen LogP contribution is -2.43. The van der Waals surface area contributed by atoms with Gasteiger partial charge in [-0.3, -0.25) is 4.68 Å². The minimum Gasteiger partial charge on any atom is -0.496 e. The van der Waals surface area contributed by atoms with Crippen molar-refractivity contribution in [3.8, 4) is 28.3 Å². The molecule has 5 rings (SSSR count). The van der Waals surface area contributed by atoms with E-state index in [0.29, 0.717) is 23.9 Å². The third-order valence-electron chi connectivity index (χ3n) is 7.16. The maximum absolute atomic E-state index is 14.7. The van der Waals surface area contributed by atoms with Crippen LogP contribution >= 0.6 is 0 Å². The normalized spacial score (nSPS) is 15.5. The highest BCUT2D eigenvalue weighted by atomic mass is 19.1. The molecule has 0 radical (unpaired) electrons. The zero-order valence-corrected chi connectivity index (χ0v) is 23.5. The number of nitrogens with one attached hydrogen (secondary N) is 1. The Hall–Kier alpha value is -4.58. The summed E-state index contributed by atoms with van der Waals surface area (Å²) < 4.78 is 26.6. The zero-order chi connectivity index (χ0) is 29.1. The number of benzene rings is 1. The van der Waals surface area contributed by atoms with Gasteiger partial charge in [0, 0.05) is 60.6 Å². The van der Waals surface area contributed by atoms with Gasteiger partial charge in [0.1, 0.15) is 23.2 Å². The minimum atomic E-state index is -0.985. The van der Waals surface area contributed by atoms with Gasteiger partial charge >= 0.3 is 5.97 Å². The highest BCUT2D eigenvalue weighted by molar-refractivity contribution is 5.81. The molecule has 4 heterocycles. The number of piperidine rings is 1. The van der Waals surface area contributed by atoms with Crippen LogP contribution < -0.4 is 20.7 Å². The van der Waals surface area contributed by atoms with Crippen LogP contribution in [0.4, 0.5) is 21.7 Å². The molecule has 0 spiro atoms. The molecular weight excluding hydrogens is 527 g/mol. The van der Waals surface area contributed by atoms with Gasteiger partial charge in [0.05, 0.1) is 26.0 Å². The summed E-state index contributed by atoms with van der Waals surface area (Å²) in [5.74, 6) is 0.617. The molecule has 1 fully saturated rings. The fourth-order valence-electron chi connectivity index (χ4n) is 4.91. The summed E-state index contributed by atoms with van der Waals surface area (Å²) in [5.41, 5.74) is 8.08. The number of pyridine rings is 1. The second-order valence-corrected chi connectivity index (χ2v) is 10.4. The molecule has 1 saturated heterocycles. The van der Waals surface area contributed by atoms with Gasteiger partial charge in [0.15, 0.2) is 11.4 Å². The molecular formula is C29H33FN8O3. The van der Waals surface area contributed by atoms with Gasteiger partial charge in [-0.15, -0.1) is 0 Å². The van der Waals surface area contributed by atoms with E-state index < -0.39 is 17.3 Å². The molecule has 11 nitrogen and oxygen atoms in total. The van der Waals surface area contributed by atoms with Gasteiger partial charge in [-0.2, -0.15) is 5.10 Å². The lowest BCUT2D eigenvalue weighted by molar-refractivity contribution is -0.150. The molecule has 1 aliphatic rings. The summed E-state index contributed by atoms with van der Waals surface area (Å²) in [5, 5.41) is 7.68. The van der Waals surface area contributed by atoms with E-state index in [-0.39, 0.29) is 17.4 Å². The number of ether oxygens (including phenoxy) is 2. The van der Waals surface area contributed by atoms with Crippen molar-refractivity contribution in [1.29, 1.82) is 0 Å². The van der Waals surface area contributed by atoms with E-state index in [1.54, 1.807) is 55.3 Å². The van der Waals surface area contributed by atoms with E-state index in [4.69, 9.17) is 15.2 Å². The zero-order valence-electron chi connectivity index (χ0n) is 23.5. The number of esters is 1. The van der Waals surface area contributed by atoms with E-state index >= 15 is 0 Å². The summed E-state index contributed by atoms with van der Waals surface area (Å²) >= 11 is 0. The highest BCUT2D eigenvalue weighted by Crippen LogP contribution is 2.35. The average molecular weight is 561 g/mol. The molecule has 1 atom stereocenters. The number of carbonyl (C=O) groups is 1. The molecule has 0 aliphatic carbocycles. The second kappa shape index (κ2) is 11.5. The number of rotatable bonds is 8. The standard InChI is InChI=1S/C29H33FN8O3/c1-29(2,28(39)41-4)38-16-18(14-34-38)20-15-33-25(13-22(20)37-12-6-7-19(31)17-37)35-24-10-11-32-27(36-24)26-21(30)8-5-9-23(26)40-3/h5,8-11,13-16,19H,6-7,12,17,31H2,1-4H3,(H,32,33,35,36)/t19-/m0/s1. The fourth-order valence-corrected chi connectivity index (χ4v) is 4.91. The summed E-state index contributed by atoms with van der Waals surface area (Å²) in [4.78, 5) is 28.0. The van der Waals surface area contributed by atoms with Crippen molar-refractivity contribution >= 4 is 23.3 Å². The van der Waals surface area contributed by atoms with E-state index in [2.05, 4.69) is 30.3 Å². The number of halogens is 1. The first-order valence-electron chi connectivity index (χ1n) is 13.3. The van der Waals surface area contributed by atoms with Crippen LogP contribution in [0.1, 0.15) is 26.7 Å². The van der Waals surface area contributed by atoms with Crippen LogP contribution in [-0.2, 0) is 15.1 Å². The Morgan fingerprint density at radius 2 is 2.00 bits per heavy atom. The number of nitrogens with zero attached hydrogens (tertiary/aromatic N) is 6. The Labute approximate surface area is 237 Å². The molecule has 1 aliphatic heterocycles. The first-order valence-corrected chi connectivity index (χ1v) is 13.3. The maximum Gasteiger partial charge on any atom is 0.333 e. The molecule has 4 aromatic rings. The van der Waals surface area contributed by atoms with E-state index in [1.165, 1.54) is 20.3 Å². The van der Waals surface area contributed by atoms with E-state index in [9.17, 15) is 9.18 Å². The maximum atomic E-state index is 14.7. The van der Waals surface area contributed by atoms with Crippen molar-refractivity contribution in [2.75, 3.05) is 37.5 Å². The summed E-state index contributed by atoms with van der Waals surface area (Å²) in [6.07, 6.45) is 8.74. The van der Waals surface area contributed by atoms with Gasteiger partial charge in [-0.25, -0.2) is 24.1 Å². The van der Waals surface area contributed by atoms with Gasteiger partial charge in [0.2, 0.25) is 0 Å². The van der Waals surface area contributed by atoms with Crippen LogP contribution in [-0.4, -0.2) is 64.1 Å². The number of hydrogen-bond acceptors (Lipinski definition) is 10. The van der Waals surface area contributed by atoms with Gasteiger partial charge in [-0.05, 0) is 44.9 Å². The van der Waals surface area contributed by atoms with Crippen LogP contribution in [0, 0.1) is 5.82 Å². The molecule has 0 saturated carbocycles. The van der Waals surface area contributed by atoms with E-state index in [1.807, 2.05) is 12.3 Å². The molecule has 0 bridgehead atoms. The molecule has 214 valence electrons. The highest BCUT2D eigenvalue weighted by Gasteiger charge is 2.32. The molecule has 3 aromatic heterocycles. The molecule has 41 heavy (non-hydrogen) atoms. The Kier molecular flexibility index (Phi) is 7.84. The van der Waals surface area contributed by atoms with E-state index in [0.717, 1.165) is 36.2 Å². The molecule has 0 unspecified atom stereocenters. The van der Waals surface area contributed by atoms with Crippen LogP contribution in [0.15, 0.2) is 55.1 Å². The van der Waals surface area contributed by atoms with Crippen LogP contribution in [0.25, 0.3) is 22.5 Å². The van der Waals surface area contributed by atoms with Crippen molar-refractivity contribution in [3.05, 3.63) is 60.9 Å². The number of methoxy groups -OCH3 is 2. The third kappa shape index (κ3) is 5.68. The third-order valence-corrected chi connectivity index (χ3v) is 7.16. The fraction of sp³-hybridized carbons (Fsp3) is 0.345. The molecule has 0 amide bonds. The van der Waals surface area contributed by atoms with Crippen molar-refractivity contribution in [2.45, 2.75) is 38.3 Å². The average Bonchev–Trinajstić information content (AvgIpc) is 3.48. The van der Waals surface area contributed by atoms with Crippen LogP contribution in [0.3, 0.4) is 0 Å². The first-order chi connectivity index (χ1) is 19.7. The number of hydrogen-bond donors (Lipinski definition) is 2. The summed E-state index contributed by atoms with van der Waals surface area (Å²) in [6, 6.07) is 8.23. The number of anilines is 3. The summed E-state index contributed by atoms with van der Waals surface area (Å²) in [7, 11) is 2.83. The van der Waals surface area contributed by atoms with Gasteiger partial charge in [0.25, 0.3) is 0 Å². The Bertz CT molecular complexity index is 1560. The van der Waals surface area contributed by atoms with Crippen molar-refractivity contribution in [1.82, 2.24) is 24.7 Å². The lowest BCUT2D eigenvalue weighted by Gasteiger charge is -2.34. The van der Waals surface area contributed by atoms with Crippen LogP contribution in [0.5, 0.6) is 5.75 Å². The predicted octanol–water partition coefficient (Wildman–Crippen LogP) is 4.13. The quantitative estimate of drug-likeness (QED) is 0.303. The Morgan fingerprint density at radius 3 is 2.76 bits per heavy atom. The minimum absolute atomic E-state index is 0.0438. The predicted molar refractivity (Wildman–Crippen MR) is 153 cm³/mol.